The van der Waals surface area contributed by atoms with E-state index in [1.807, 2.05) is 0 Å². The molecule has 0 aliphatic heterocycles. The van der Waals surface area contributed by atoms with Crippen LogP contribution in [0.5, 0.6) is 0 Å². The van der Waals surface area contributed by atoms with Crippen molar-refractivity contribution in [1.82, 2.24) is 0 Å². The zero-order valence-corrected chi connectivity index (χ0v) is 8.10. The molecular formula is C10H14O4. The number of rotatable bonds is 2. The third kappa shape index (κ3) is 2.52. The van der Waals surface area contributed by atoms with Gasteiger partial charge >= 0.3 is 0 Å². The normalized spacial score (nSPS) is 13.0. The third-order valence-corrected chi connectivity index (χ3v) is 1.98. The second kappa shape index (κ2) is 3.33. The SMILES string of the molecule is CC(O)(O)c1ccc(C(C)(O)O)cc1. The fourth-order valence-corrected chi connectivity index (χ4v) is 1.10. The minimum absolute atomic E-state index is 0.297. The van der Waals surface area contributed by atoms with E-state index in [1.54, 1.807) is 0 Å². The van der Waals surface area contributed by atoms with Gasteiger partial charge in [-0.1, -0.05) is 24.3 Å². The summed E-state index contributed by atoms with van der Waals surface area (Å²) in [5.74, 6) is -3.81. The molecule has 0 bridgehead atoms. The second-order valence-corrected chi connectivity index (χ2v) is 3.62. The van der Waals surface area contributed by atoms with Gasteiger partial charge in [0.15, 0.2) is 11.6 Å². The van der Waals surface area contributed by atoms with Crippen molar-refractivity contribution in [2.45, 2.75) is 25.4 Å². The molecule has 0 saturated carbocycles. The molecule has 0 saturated heterocycles. The zero-order chi connectivity index (χ0) is 11.0. The Morgan fingerprint density at radius 2 is 0.929 bits per heavy atom. The van der Waals surface area contributed by atoms with Crippen molar-refractivity contribution < 1.29 is 20.4 Å². The van der Waals surface area contributed by atoms with Crippen LogP contribution in [0.1, 0.15) is 25.0 Å². The summed E-state index contributed by atoms with van der Waals surface area (Å²) in [6.45, 7) is 2.47. The molecule has 0 unspecified atom stereocenters. The summed E-state index contributed by atoms with van der Waals surface area (Å²) in [5, 5.41) is 36.9. The van der Waals surface area contributed by atoms with Crippen LogP contribution in [-0.2, 0) is 11.6 Å². The Morgan fingerprint density at radius 1 is 0.714 bits per heavy atom. The van der Waals surface area contributed by atoms with Gasteiger partial charge in [-0.05, 0) is 13.8 Å². The smallest absolute Gasteiger partial charge is 0.186 e. The lowest BCUT2D eigenvalue weighted by molar-refractivity contribution is -0.156. The molecule has 4 heteroatoms. The van der Waals surface area contributed by atoms with Gasteiger partial charge < -0.3 is 20.4 Å². The van der Waals surface area contributed by atoms with Crippen molar-refractivity contribution in [2.24, 2.45) is 0 Å². The van der Waals surface area contributed by atoms with Crippen molar-refractivity contribution in [1.29, 1.82) is 0 Å². The minimum atomic E-state index is -1.90. The molecule has 4 nitrogen and oxygen atoms in total. The molecule has 0 amide bonds. The number of hydrogen-bond donors (Lipinski definition) is 4. The summed E-state index contributed by atoms with van der Waals surface area (Å²) in [6, 6.07) is 5.72. The first-order chi connectivity index (χ1) is 6.21. The van der Waals surface area contributed by atoms with Gasteiger partial charge in [-0.25, -0.2) is 0 Å². The average Bonchev–Trinajstić information content (AvgIpc) is 2.01. The maximum atomic E-state index is 9.21. The molecule has 0 atom stereocenters. The Morgan fingerprint density at radius 3 is 1.07 bits per heavy atom. The van der Waals surface area contributed by atoms with Gasteiger partial charge in [-0.15, -0.1) is 0 Å². The lowest BCUT2D eigenvalue weighted by atomic mass is 10.0. The topological polar surface area (TPSA) is 80.9 Å². The first kappa shape index (κ1) is 11.1. The summed E-state index contributed by atoms with van der Waals surface area (Å²) >= 11 is 0. The number of benzene rings is 1. The van der Waals surface area contributed by atoms with Gasteiger partial charge in [0.2, 0.25) is 0 Å². The van der Waals surface area contributed by atoms with Crippen LogP contribution in [0.4, 0.5) is 0 Å². The molecule has 1 rings (SSSR count). The van der Waals surface area contributed by atoms with Crippen molar-refractivity contribution in [2.75, 3.05) is 0 Å². The molecule has 0 heterocycles. The molecule has 0 radical (unpaired) electrons. The molecule has 78 valence electrons. The van der Waals surface area contributed by atoms with E-state index in [0.717, 1.165) is 0 Å². The molecule has 0 aliphatic carbocycles. The van der Waals surface area contributed by atoms with Crippen LogP contribution in [-0.4, -0.2) is 20.4 Å². The Kier molecular flexibility index (Phi) is 2.65. The van der Waals surface area contributed by atoms with Gasteiger partial charge in [-0.2, -0.15) is 0 Å². The van der Waals surface area contributed by atoms with Crippen molar-refractivity contribution >= 4 is 0 Å². The van der Waals surface area contributed by atoms with Crippen molar-refractivity contribution in [3.8, 4) is 0 Å². The monoisotopic (exact) mass is 198 g/mol. The summed E-state index contributed by atoms with van der Waals surface area (Å²) < 4.78 is 0. The summed E-state index contributed by atoms with van der Waals surface area (Å²) in [4.78, 5) is 0. The molecule has 4 N–H and O–H groups in total. The largest absolute Gasteiger partial charge is 0.362 e. The average molecular weight is 198 g/mol. The van der Waals surface area contributed by atoms with E-state index in [9.17, 15) is 20.4 Å². The van der Waals surface area contributed by atoms with E-state index < -0.39 is 11.6 Å². The quantitative estimate of drug-likeness (QED) is 0.504. The zero-order valence-electron chi connectivity index (χ0n) is 8.10. The predicted octanol–water partition coefficient (Wildman–Crippen LogP) is 0.00120. The molecule has 1 aromatic carbocycles. The van der Waals surface area contributed by atoms with E-state index in [0.29, 0.717) is 11.1 Å². The molecule has 0 spiro atoms. The number of hydrogen-bond acceptors (Lipinski definition) is 4. The highest BCUT2D eigenvalue weighted by Gasteiger charge is 2.21. The fraction of sp³-hybridized carbons (Fsp3) is 0.400. The van der Waals surface area contributed by atoms with Gasteiger partial charge in [0.25, 0.3) is 0 Å². The highest BCUT2D eigenvalue weighted by Crippen LogP contribution is 2.21. The standard InChI is InChI=1S/C10H14O4/c1-9(11,12)7-3-5-8(6-4-7)10(2,13)14/h3-6,11-14H,1-2H3. The van der Waals surface area contributed by atoms with Crippen molar-refractivity contribution in [3.63, 3.8) is 0 Å². The third-order valence-electron chi connectivity index (χ3n) is 1.98. The Hall–Kier alpha value is -0.940. The maximum absolute atomic E-state index is 9.21. The van der Waals surface area contributed by atoms with E-state index in [4.69, 9.17) is 0 Å². The molecule has 0 aromatic heterocycles. The minimum Gasteiger partial charge on any atom is -0.362 e. The van der Waals surface area contributed by atoms with Crippen LogP contribution in [0.2, 0.25) is 0 Å². The molecule has 1 aromatic rings. The van der Waals surface area contributed by atoms with Gasteiger partial charge in [-0.3, -0.25) is 0 Å². The Labute approximate surface area is 82.1 Å². The first-order valence-corrected chi connectivity index (χ1v) is 4.22. The second-order valence-electron chi connectivity index (χ2n) is 3.62. The van der Waals surface area contributed by atoms with E-state index in [-0.39, 0.29) is 0 Å². The van der Waals surface area contributed by atoms with Gasteiger partial charge in [0, 0.05) is 11.1 Å². The highest BCUT2D eigenvalue weighted by molar-refractivity contribution is 5.27. The van der Waals surface area contributed by atoms with Crippen LogP contribution in [0, 0.1) is 0 Å². The van der Waals surface area contributed by atoms with Gasteiger partial charge in [0.05, 0.1) is 0 Å². The first-order valence-electron chi connectivity index (χ1n) is 4.22. The Balaban J connectivity index is 3.02. The van der Waals surface area contributed by atoms with Crippen LogP contribution in [0.25, 0.3) is 0 Å². The van der Waals surface area contributed by atoms with Crippen LogP contribution in [0.15, 0.2) is 24.3 Å². The van der Waals surface area contributed by atoms with E-state index in [1.165, 1.54) is 38.1 Å². The fourth-order valence-electron chi connectivity index (χ4n) is 1.10. The van der Waals surface area contributed by atoms with Crippen molar-refractivity contribution in [3.05, 3.63) is 35.4 Å². The van der Waals surface area contributed by atoms with E-state index >= 15 is 0 Å². The molecule has 0 aliphatic rings. The highest BCUT2D eigenvalue weighted by atomic mass is 16.5. The number of aliphatic hydroxyl groups is 4. The Bertz CT molecular complexity index is 269. The summed E-state index contributed by atoms with van der Waals surface area (Å²) in [7, 11) is 0. The molecule has 14 heavy (non-hydrogen) atoms. The van der Waals surface area contributed by atoms with Crippen LogP contribution in [0.3, 0.4) is 0 Å². The maximum Gasteiger partial charge on any atom is 0.186 e. The summed E-state index contributed by atoms with van der Waals surface area (Å²) in [6.07, 6.45) is 0. The lowest BCUT2D eigenvalue weighted by Crippen LogP contribution is -2.22. The molecule has 0 fully saturated rings. The molecular weight excluding hydrogens is 184 g/mol. The predicted molar refractivity (Wildman–Crippen MR) is 50.0 cm³/mol. The lowest BCUT2D eigenvalue weighted by Gasteiger charge is -2.19. The van der Waals surface area contributed by atoms with Crippen LogP contribution >= 0.6 is 0 Å². The van der Waals surface area contributed by atoms with Gasteiger partial charge in [0.1, 0.15) is 0 Å². The van der Waals surface area contributed by atoms with E-state index in [2.05, 4.69) is 0 Å². The van der Waals surface area contributed by atoms with Crippen LogP contribution < -0.4 is 0 Å². The summed E-state index contributed by atoms with van der Waals surface area (Å²) in [5.41, 5.74) is 0.594.